The second-order valence-electron chi connectivity index (χ2n) is 4.20. The zero-order chi connectivity index (χ0) is 13.4. The Morgan fingerprint density at radius 1 is 1.44 bits per heavy atom. The standard InChI is InChI=1S/C12H20N2O4/c1-2-3-6-13-12(17)14-7-4-10(5-8-14)18-9-11(15)16/h2,10H,1,3-9H2,(H,13,17)(H,15,16). The van der Waals surface area contributed by atoms with Crippen LogP contribution in [0.2, 0.25) is 0 Å². The quantitative estimate of drug-likeness (QED) is 0.545. The minimum Gasteiger partial charge on any atom is -0.480 e. The molecule has 0 aromatic rings. The summed E-state index contributed by atoms with van der Waals surface area (Å²) in [6.45, 7) is 5.12. The molecule has 0 atom stereocenters. The molecule has 6 nitrogen and oxygen atoms in total. The summed E-state index contributed by atoms with van der Waals surface area (Å²) < 4.78 is 5.20. The number of nitrogens with one attached hydrogen (secondary N) is 1. The van der Waals surface area contributed by atoms with Crippen LogP contribution in [0.15, 0.2) is 12.7 Å². The number of aliphatic carboxylic acids is 1. The fourth-order valence-corrected chi connectivity index (χ4v) is 1.81. The number of hydrogen-bond donors (Lipinski definition) is 2. The largest absolute Gasteiger partial charge is 0.480 e. The number of carbonyl (C=O) groups is 2. The van der Waals surface area contributed by atoms with Crippen molar-refractivity contribution >= 4 is 12.0 Å². The average Bonchev–Trinajstić information content (AvgIpc) is 2.37. The Morgan fingerprint density at radius 2 is 2.11 bits per heavy atom. The summed E-state index contributed by atoms with van der Waals surface area (Å²) in [7, 11) is 0. The lowest BCUT2D eigenvalue weighted by Crippen LogP contribution is -2.46. The van der Waals surface area contributed by atoms with Crippen molar-refractivity contribution in [2.75, 3.05) is 26.2 Å². The number of nitrogens with zero attached hydrogens (tertiary/aromatic N) is 1. The Kier molecular flexibility index (Phi) is 6.21. The van der Waals surface area contributed by atoms with Crippen molar-refractivity contribution in [1.82, 2.24) is 10.2 Å². The molecule has 1 aliphatic rings. The van der Waals surface area contributed by atoms with Gasteiger partial charge in [0.15, 0.2) is 0 Å². The molecule has 0 saturated carbocycles. The molecule has 0 spiro atoms. The van der Waals surface area contributed by atoms with Crippen LogP contribution >= 0.6 is 0 Å². The molecule has 1 fully saturated rings. The van der Waals surface area contributed by atoms with E-state index in [0.717, 1.165) is 6.42 Å². The van der Waals surface area contributed by atoms with Gasteiger partial charge in [-0.05, 0) is 19.3 Å². The summed E-state index contributed by atoms with van der Waals surface area (Å²) in [4.78, 5) is 23.8. The highest BCUT2D eigenvalue weighted by Gasteiger charge is 2.23. The number of hydrogen-bond acceptors (Lipinski definition) is 3. The Hall–Kier alpha value is -1.56. The van der Waals surface area contributed by atoms with E-state index in [4.69, 9.17) is 9.84 Å². The maximum Gasteiger partial charge on any atom is 0.329 e. The number of carboxylic acid groups (broad SMARTS) is 1. The SMILES string of the molecule is C=CCCNC(=O)N1CCC(OCC(=O)O)CC1. The maximum atomic E-state index is 11.7. The highest BCUT2D eigenvalue weighted by molar-refractivity contribution is 5.74. The first kappa shape index (κ1) is 14.5. The Labute approximate surface area is 107 Å². The molecule has 1 rings (SSSR count). The summed E-state index contributed by atoms with van der Waals surface area (Å²) in [5.74, 6) is -0.959. The molecule has 0 aromatic heterocycles. The first-order chi connectivity index (χ1) is 8.63. The summed E-state index contributed by atoms with van der Waals surface area (Å²) in [6, 6.07) is -0.0754. The van der Waals surface area contributed by atoms with E-state index in [0.29, 0.717) is 32.5 Å². The molecule has 0 aliphatic carbocycles. The molecule has 6 heteroatoms. The van der Waals surface area contributed by atoms with Gasteiger partial charge in [0.2, 0.25) is 0 Å². The highest BCUT2D eigenvalue weighted by Crippen LogP contribution is 2.13. The van der Waals surface area contributed by atoms with Crippen LogP contribution in [0.25, 0.3) is 0 Å². The third-order valence-electron chi connectivity index (χ3n) is 2.80. The van der Waals surface area contributed by atoms with Crippen LogP contribution in [-0.4, -0.2) is 54.4 Å². The van der Waals surface area contributed by atoms with E-state index in [2.05, 4.69) is 11.9 Å². The van der Waals surface area contributed by atoms with Gasteiger partial charge < -0.3 is 20.1 Å². The van der Waals surface area contributed by atoms with Gasteiger partial charge in [0.25, 0.3) is 0 Å². The molecule has 102 valence electrons. The second kappa shape index (κ2) is 7.71. The average molecular weight is 256 g/mol. The Balaban J connectivity index is 2.19. The number of carboxylic acids is 1. The van der Waals surface area contributed by atoms with Crippen molar-refractivity contribution in [3.63, 3.8) is 0 Å². The molecular weight excluding hydrogens is 236 g/mol. The van der Waals surface area contributed by atoms with Crippen LogP contribution in [0.4, 0.5) is 4.79 Å². The van der Waals surface area contributed by atoms with E-state index in [9.17, 15) is 9.59 Å². The number of likely N-dealkylation sites (tertiary alicyclic amines) is 1. The third kappa shape index (κ3) is 5.18. The Bertz CT molecular complexity index is 298. The maximum absolute atomic E-state index is 11.7. The zero-order valence-electron chi connectivity index (χ0n) is 10.4. The lowest BCUT2D eigenvalue weighted by molar-refractivity contribution is -0.145. The first-order valence-electron chi connectivity index (χ1n) is 6.10. The smallest absolute Gasteiger partial charge is 0.329 e. The van der Waals surface area contributed by atoms with Crippen LogP contribution in [0.3, 0.4) is 0 Å². The molecule has 2 amide bonds. The number of amides is 2. The van der Waals surface area contributed by atoms with Gasteiger partial charge in [-0.15, -0.1) is 6.58 Å². The fourth-order valence-electron chi connectivity index (χ4n) is 1.81. The lowest BCUT2D eigenvalue weighted by Gasteiger charge is -2.31. The number of rotatable bonds is 6. The molecule has 0 aromatic carbocycles. The van der Waals surface area contributed by atoms with E-state index < -0.39 is 5.97 Å². The highest BCUT2D eigenvalue weighted by atomic mass is 16.5. The number of carbonyl (C=O) groups excluding carboxylic acids is 1. The summed E-state index contributed by atoms with van der Waals surface area (Å²) >= 11 is 0. The van der Waals surface area contributed by atoms with Gasteiger partial charge in [0.1, 0.15) is 6.61 Å². The van der Waals surface area contributed by atoms with Gasteiger partial charge >= 0.3 is 12.0 Å². The third-order valence-corrected chi connectivity index (χ3v) is 2.80. The van der Waals surface area contributed by atoms with E-state index in [-0.39, 0.29) is 18.7 Å². The molecule has 1 heterocycles. The van der Waals surface area contributed by atoms with Crippen LogP contribution in [0, 0.1) is 0 Å². The molecule has 0 radical (unpaired) electrons. The van der Waals surface area contributed by atoms with Crippen molar-refractivity contribution < 1.29 is 19.4 Å². The summed E-state index contributed by atoms with van der Waals surface area (Å²) in [5.41, 5.74) is 0. The van der Waals surface area contributed by atoms with Crippen molar-refractivity contribution in [3.8, 4) is 0 Å². The van der Waals surface area contributed by atoms with Crippen molar-refractivity contribution in [2.45, 2.75) is 25.4 Å². The molecule has 0 unspecified atom stereocenters. The minimum absolute atomic E-state index is 0.0571. The first-order valence-corrected chi connectivity index (χ1v) is 6.10. The van der Waals surface area contributed by atoms with E-state index in [1.54, 1.807) is 11.0 Å². The topological polar surface area (TPSA) is 78.9 Å². The number of urea groups is 1. The van der Waals surface area contributed by atoms with Gasteiger partial charge in [0, 0.05) is 19.6 Å². The zero-order valence-corrected chi connectivity index (χ0v) is 10.4. The monoisotopic (exact) mass is 256 g/mol. The van der Waals surface area contributed by atoms with Crippen molar-refractivity contribution in [1.29, 1.82) is 0 Å². The van der Waals surface area contributed by atoms with Gasteiger partial charge in [-0.25, -0.2) is 9.59 Å². The summed E-state index contributed by atoms with van der Waals surface area (Å²) in [6.07, 6.45) is 3.82. The minimum atomic E-state index is -0.959. The lowest BCUT2D eigenvalue weighted by atomic mass is 10.1. The van der Waals surface area contributed by atoms with Gasteiger partial charge in [-0.2, -0.15) is 0 Å². The Morgan fingerprint density at radius 3 is 2.67 bits per heavy atom. The van der Waals surface area contributed by atoms with Gasteiger partial charge in [-0.1, -0.05) is 6.08 Å². The molecule has 1 saturated heterocycles. The van der Waals surface area contributed by atoms with E-state index >= 15 is 0 Å². The van der Waals surface area contributed by atoms with E-state index in [1.165, 1.54) is 0 Å². The molecule has 18 heavy (non-hydrogen) atoms. The van der Waals surface area contributed by atoms with Crippen molar-refractivity contribution in [3.05, 3.63) is 12.7 Å². The second-order valence-corrected chi connectivity index (χ2v) is 4.20. The number of ether oxygens (including phenoxy) is 1. The van der Waals surface area contributed by atoms with Crippen LogP contribution < -0.4 is 5.32 Å². The predicted molar refractivity (Wildman–Crippen MR) is 66.4 cm³/mol. The van der Waals surface area contributed by atoms with Crippen LogP contribution in [0.5, 0.6) is 0 Å². The normalized spacial score (nSPS) is 16.3. The number of piperidine rings is 1. The molecule has 0 bridgehead atoms. The van der Waals surface area contributed by atoms with Gasteiger partial charge in [0.05, 0.1) is 6.10 Å². The molecule has 1 aliphatic heterocycles. The molecular formula is C12H20N2O4. The van der Waals surface area contributed by atoms with Crippen LogP contribution in [-0.2, 0) is 9.53 Å². The van der Waals surface area contributed by atoms with E-state index in [1.807, 2.05) is 0 Å². The molecule has 2 N–H and O–H groups in total. The predicted octanol–water partition coefficient (Wildman–Crippen LogP) is 0.838. The van der Waals surface area contributed by atoms with Crippen LogP contribution in [0.1, 0.15) is 19.3 Å². The van der Waals surface area contributed by atoms with Crippen molar-refractivity contribution in [2.24, 2.45) is 0 Å². The summed E-state index contributed by atoms with van der Waals surface area (Å²) in [5, 5.41) is 11.3. The van der Waals surface area contributed by atoms with Gasteiger partial charge in [-0.3, -0.25) is 0 Å². The fraction of sp³-hybridized carbons (Fsp3) is 0.667.